The molecule has 1 heterocycles. The van der Waals surface area contributed by atoms with Gasteiger partial charge in [-0.05, 0) is 38.1 Å². The van der Waals surface area contributed by atoms with Gasteiger partial charge in [0.25, 0.3) is 10.2 Å². The molecule has 0 unspecified atom stereocenters. The summed E-state index contributed by atoms with van der Waals surface area (Å²) < 4.78 is 27.3. The summed E-state index contributed by atoms with van der Waals surface area (Å²) in [5, 5.41) is 3.56. The van der Waals surface area contributed by atoms with Crippen molar-refractivity contribution >= 4 is 10.2 Å². The second kappa shape index (κ2) is 5.86. The van der Waals surface area contributed by atoms with Crippen molar-refractivity contribution in [3.8, 4) is 0 Å². The monoisotopic (exact) mass is 275 g/mol. The quantitative estimate of drug-likeness (QED) is 0.774. The summed E-state index contributed by atoms with van der Waals surface area (Å²) in [4.78, 5) is 0. The summed E-state index contributed by atoms with van der Waals surface area (Å²) >= 11 is 0. The van der Waals surface area contributed by atoms with Crippen LogP contribution >= 0.6 is 0 Å². The molecule has 1 aliphatic carbocycles. The zero-order valence-electron chi connectivity index (χ0n) is 11.4. The number of hydrogen-bond donors (Lipinski definition) is 1. The van der Waals surface area contributed by atoms with Crippen molar-refractivity contribution in [2.45, 2.75) is 38.6 Å². The molecule has 6 heteroatoms. The molecular formula is C12H25N3O2S. The molecule has 106 valence electrons. The second-order valence-electron chi connectivity index (χ2n) is 5.45. The summed E-state index contributed by atoms with van der Waals surface area (Å²) in [6.07, 6.45) is 4.59. The highest BCUT2D eigenvalue weighted by molar-refractivity contribution is 7.86. The van der Waals surface area contributed by atoms with Crippen molar-refractivity contribution in [3.05, 3.63) is 0 Å². The molecule has 0 atom stereocenters. The Hall–Kier alpha value is -0.170. The summed E-state index contributed by atoms with van der Waals surface area (Å²) in [7, 11) is -1.57. The fourth-order valence-corrected chi connectivity index (χ4v) is 3.70. The first kappa shape index (κ1) is 14.2. The molecule has 0 radical (unpaired) electrons. The molecule has 2 fully saturated rings. The van der Waals surface area contributed by atoms with E-state index in [1.165, 1.54) is 17.1 Å². The van der Waals surface area contributed by atoms with E-state index in [-0.39, 0.29) is 0 Å². The lowest BCUT2D eigenvalue weighted by Crippen LogP contribution is -2.49. The minimum atomic E-state index is -3.22. The molecule has 18 heavy (non-hydrogen) atoms. The van der Waals surface area contributed by atoms with Gasteiger partial charge in [0, 0.05) is 32.7 Å². The van der Waals surface area contributed by atoms with Crippen LogP contribution in [0.25, 0.3) is 0 Å². The number of piperidine rings is 1. The zero-order chi connectivity index (χ0) is 13.2. The topological polar surface area (TPSA) is 52.7 Å². The van der Waals surface area contributed by atoms with Crippen LogP contribution in [-0.4, -0.2) is 56.3 Å². The third-order valence-electron chi connectivity index (χ3n) is 4.01. The molecule has 1 N–H and O–H groups in total. The van der Waals surface area contributed by atoms with Crippen LogP contribution in [0.15, 0.2) is 0 Å². The van der Waals surface area contributed by atoms with E-state index in [1.807, 2.05) is 6.92 Å². The van der Waals surface area contributed by atoms with Gasteiger partial charge >= 0.3 is 0 Å². The predicted octanol–water partition coefficient (Wildman–Crippen LogP) is 0.647. The smallest absolute Gasteiger partial charge is 0.281 e. The number of hydrogen-bond acceptors (Lipinski definition) is 3. The van der Waals surface area contributed by atoms with E-state index < -0.39 is 10.2 Å². The SMILES string of the molecule is CCN(C)S(=O)(=O)N1CCC(NCC2CC2)CC1. The molecule has 5 nitrogen and oxygen atoms in total. The zero-order valence-corrected chi connectivity index (χ0v) is 12.2. The third kappa shape index (κ3) is 3.44. The third-order valence-corrected chi connectivity index (χ3v) is 6.08. The highest BCUT2D eigenvalue weighted by atomic mass is 32.2. The van der Waals surface area contributed by atoms with Crippen LogP contribution in [0.1, 0.15) is 32.6 Å². The summed E-state index contributed by atoms with van der Waals surface area (Å²) in [5.41, 5.74) is 0. The molecule has 0 amide bonds. The lowest BCUT2D eigenvalue weighted by Gasteiger charge is -2.33. The maximum Gasteiger partial charge on any atom is 0.281 e. The van der Waals surface area contributed by atoms with E-state index >= 15 is 0 Å². The van der Waals surface area contributed by atoms with Gasteiger partial charge < -0.3 is 5.32 Å². The van der Waals surface area contributed by atoms with Gasteiger partial charge in [0.05, 0.1) is 0 Å². The van der Waals surface area contributed by atoms with Crippen molar-refractivity contribution in [2.75, 3.05) is 33.2 Å². The summed E-state index contributed by atoms with van der Waals surface area (Å²) in [6, 6.07) is 0.504. The minimum Gasteiger partial charge on any atom is -0.314 e. The van der Waals surface area contributed by atoms with Crippen molar-refractivity contribution < 1.29 is 8.42 Å². The van der Waals surface area contributed by atoms with Crippen LogP contribution in [0.2, 0.25) is 0 Å². The van der Waals surface area contributed by atoms with Crippen molar-refractivity contribution in [2.24, 2.45) is 5.92 Å². The first-order valence-corrected chi connectivity index (χ1v) is 8.38. The van der Waals surface area contributed by atoms with Gasteiger partial charge in [-0.15, -0.1) is 0 Å². The first-order valence-electron chi connectivity index (χ1n) is 6.98. The van der Waals surface area contributed by atoms with Crippen LogP contribution < -0.4 is 5.32 Å². The maximum atomic E-state index is 12.1. The van der Waals surface area contributed by atoms with Crippen LogP contribution in [0.5, 0.6) is 0 Å². The first-order chi connectivity index (χ1) is 8.54. The predicted molar refractivity (Wildman–Crippen MR) is 72.5 cm³/mol. The van der Waals surface area contributed by atoms with Gasteiger partial charge in [0.1, 0.15) is 0 Å². The second-order valence-corrected chi connectivity index (χ2v) is 7.48. The Bertz CT molecular complexity index is 360. The molecule has 1 saturated carbocycles. The molecule has 0 aromatic carbocycles. The standard InChI is InChI=1S/C12H25N3O2S/c1-3-14(2)18(16,17)15-8-6-12(7-9-15)13-10-11-4-5-11/h11-13H,3-10H2,1-2H3. The Labute approximate surface area is 111 Å². The van der Waals surface area contributed by atoms with E-state index in [9.17, 15) is 8.42 Å². The molecule has 1 saturated heterocycles. The average Bonchev–Trinajstić information content (AvgIpc) is 3.20. The van der Waals surface area contributed by atoms with Crippen LogP contribution in [0.3, 0.4) is 0 Å². The molecular weight excluding hydrogens is 250 g/mol. The Balaban J connectivity index is 1.78. The average molecular weight is 275 g/mol. The molecule has 1 aliphatic heterocycles. The van der Waals surface area contributed by atoms with Gasteiger partial charge in [-0.1, -0.05) is 6.92 Å². The number of nitrogens with zero attached hydrogens (tertiary/aromatic N) is 2. The molecule has 0 spiro atoms. The van der Waals surface area contributed by atoms with Gasteiger partial charge in [-0.3, -0.25) is 0 Å². The highest BCUT2D eigenvalue weighted by Crippen LogP contribution is 2.28. The largest absolute Gasteiger partial charge is 0.314 e. The van der Waals surface area contributed by atoms with Crippen molar-refractivity contribution in [1.82, 2.24) is 13.9 Å². The molecule has 2 aliphatic rings. The van der Waals surface area contributed by atoms with Gasteiger partial charge in [-0.25, -0.2) is 0 Å². The van der Waals surface area contributed by atoms with E-state index in [1.54, 1.807) is 11.4 Å². The lowest BCUT2D eigenvalue weighted by atomic mass is 10.1. The lowest BCUT2D eigenvalue weighted by molar-refractivity contribution is 0.273. The fourth-order valence-electron chi connectivity index (χ4n) is 2.31. The minimum absolute atomic E-state index is 0.504. The Morgan fingerprint density at radius 2 is 1.83 bits per heavy atom. The van der Waals surface area contributed by atoms with Gasteiger partial charge in [0.15, 0.2) is 0 Å². The van der Waals surface area contributed by atoms with E-state index in [2.05, 4.69) is 5.32 Å². The molecule has 0 aromatic rings. The van der Waals surface area contributed by atoms with E-state index in [0.717, 1.165) is 25.3 Å². The Morgan fingerprint density at radius 3 is 2.33 bits per heavy atom. The highest BCUT2D eigenvalue weighted by Gasteiger charge is 2.31. The van der Waals surface area contributed by atoms with E-state index in [4.69, 9.17) is 0 Å². The Kier molecular flexibility index (Phi) is 4.64. The maximum absolute atomic E-state index is 12.1. The molecule has 0 bridgehead atoms. The van der Waals surface area contributed by atoms with Crippen LogP contribution in [0, 0.1) is 5.92 Å². The number of rotatable bonds is 6. The van der Waals surface area contributed by atoms with Crippen molar-refractivity contribution in [1.29, 1.82) is 0 Å². The van der Waals surface area contributed by atoms with Gasteiger partial charge in [-0.2, -0.15) is 17.0 Å². The molecule has 2 rings (SSSR count). The van der Waals surface area contributed by atoms with E-state index in [0.29, 0.717) is 25.7 Å². The Morgan fingerprint density at radius 1 is 1.22 bits per heavy atom. The van der Waals surface area contributed by atoms with Crippen molar-refractivity contribution in [3.63, 3.8) is 0 Å². The summed E-state index contributed by atoms with van der Waals surface area (Å²) in [6.45, 7) is 4.81. The van der Waals surface area contributed by atoms with Gasteiger partial charge in [0.2, 0.25) is 0 Å². The summed E-state index contributed by atoms with van der Waals surface area (Å²) in [5.74, 6) is 0.887. The van der Waals surface area contributed by atoms with Crippen LogP contribution in [-0.2, 0) is 10.2 Å². The fraction of sp³-hybridized carbons (Fsp3) is 1.00. The normalized spacial score (nSPS) is 23.7. The molecule has 0 aromatic heterocycles. The number of nitrogens with one attached hydrogen (secondary N) is 1. The van der Waals surface area contributed by atoms with Crippen LogP contribution in [0.4, 0.5) is 0 Å².